The molecular formula is C26H28N4O5S. The number of carbonyl (C=O) groups excluding carboxylic acids is 2. The zero-order chi connectivity index (χ0) is 26.3. The van der Waals surface area contributed by atoms with E-state index < -0.39 is 22.5 Å². The van der Waals surface area contributed by atoms with Gasteiger partial charge in [-0.25, -0.2) is 13.8 Å². The highest BCUT2D eigenvalue weighted by Gasteiger charge is 2.27. The zero-order valence-corrected chi connectivity index (χ0v) is 21.3. The molecule has 10 heteroatoms. The van der Waals surface area contributed by atoms with E-state index in [4.69, 9.17) is 4.74 Å². The third kappa shape index (κ3) is 6.70. The van der Waals surface area contributed by atoms with E-state index in [1.165, 1.54) is 26.2 Å². The number of hydrogen-bond acceptors (Lipinski definition) is 6. The van der Waals surface area contributed by atoms with Crippen molar-refractivity contribution in [3.63, 3.8) is 0 Å². The number of sulfonamides is 1. The molecule has 9 nitrogen and oxygen atoms in total. The lowest BCUT2D eigenvalue weighted by Gasteiger charge is -2.24. The van der Waals surface area contributed by atoms with Crippen LogP contribution in [-0.2, 0) is 19.6 Å². The molecule has 0 heterocycles. The molecule has 2 N–H and O–H groups in total. The molecule has 3 aromatic rings. The third-order valence-electron chi connectivity index (χ3n) is 5.21. The number of ether oxygens (including phenoxy) is 1. The molecule has 0 aromatic heterocycles. The van der Waals surface area contributed by atoms with E-state index in [-0.39, 0.29) is 10.8 Å². The Bertz CT molecular complexity index is 1370. The van der Waals surface area contributed by atoms with Crippen molar-refractivity contribution in [2.45, 2.75) is 25.7 Å². The average molecular weight is 509 g/mol. The highest BCUT2D eigenvalue weighted by Crippen LogP contribution is 2.26. The molecule has 36 heavy (non-hydrogen) atoms. The van der Waals surface area contributed by atoms with Gasteiger partial charge in [0, 0.05) is 12.6 Å². The minimum absolute atomic E-state index is 0.0613. The van der Waals surface area contributed by atoms with Crippen LogP contribution >= 0.6 is 0 Å². The first kappa shape index (κ1) is 26.4. The smallest absolute Gasteiger partial charge is 0.264 e. The van der Waals surface area contributed by atoms with Crippen molar-refractivity contribution in [1.29, 1.82) is 0 Å². The van der Waals surface area contributed by atoms with Crippen molar-refractivity contribution in [3.8, 4) is 5.75 Å². The Balaban J connectivity index is 1.85. The number of rotatable bonds is 9. The molecule has 0 saturated carbocycles. The number of amides is 2. The Morgan fingerprint density at radius 3 is 2.25 bits per heavy atom. The highest BCUT2D eigenvalue weighted by atomic mass is 32.2. The Morgan fingerprint density at radius 1 is 0.972 bits per heavy atom. The molecule has 0 aliphatic rings. The molecule has 0 bridgehead atoms. The van der Waals surface area contributed by atoms with E-state index in [9.17, 15) is 18.0 Å². The quantitative estimate of drug-likeness (QED) is 0.338. The summed E-state index contributed by atoms with van der Waals surface area (Å²) in [5.74, 6) is -0.278. The fourth-order valence-corrected chi connectivity index (χ4v) is 4.72. The molecule has 0 radical (unpaired) electrons. The van der Waals surface area contributed by atoms with Crippen LogP contribution in [0.3, 0.4) is 0 Å². The molecule has 0 unspecified atom stereocenters. The van der Waals surface area contributed by atoms with Gasteiger partial charge in [-0.05, 0) is 67.9 Å². The molecule has 3 rings (SSSR count). The zero-order valence-electron chi connectivity index (χ0n) is 20.5. The molecule has 2 amide bonds. The normalized spacial score (nSPS) is 11.5. The molecule has 0 saturated heterocycles. The minimum atomic E-state index is -4.05. The van der Waals surface area contributed by atoms with E-state index in [0.29, 0.717) is 28.4 Å². The summed E-state index contributed by atoms with van der Waals surface area (Å²) in [6, 6.07) is 19.8. The summed E-state index contributed by atoms with van der Waals surface area (Å²) in [4.78, 5) is 24.2. The third-order valence-corrected chi connectivity index (χ3v) is 6.99. The lowest BCUT2D eigenvalue weighted by molar-refractivity contribution is -0.119. The number of hydrazone groups is 1. The maximum Gasteiger partial charge on any atom is 0.264 e. The molecule has 0 fully saturated rings. The number of benzene rings is 3. The van der Waals surface area contributed by atoms with Crippen LogP contribution in [0.2, 0.25) is 0 Å². The van der Waals surface area contributed by atoms with E-state index >= 15 is 0 Å². The first-order valence-electron chi connectivity index (χ1n) is 11.0. The Hall–Kier alpha value is -4.18. The van der Waals surface area contributed by atoms with Crippen LogP contribution in [0.5, 0.6) is 5.75 Å². The standard InChI is InChI=1S/C26H28N4O5S/c1-18-8-14-25(15-9-18)36(33,34)30(23-10-12-24(35-4)13-11-23)17-26(32)29-28-19(2)21-6-5-7-22(16-21)27-20(3)31/h5-16H,17H2,1-4H3,(H,27,31)(H,29,32)/b28-19-. The first-order valence-corrected chi connectivity index (χ1v) is 12.5. The maximum absolute atomic E-state index is 13.5. The van der Waals surface area contributed by atoms with Crippen LogP contribution in [0, 0.1) is 6.92 Å². The number of methoxy groups -OCH3 is 1. The van der Waals surface area contributed by atoms with Gasteiger partial charge in [0.15, 0.2) is 0 Å². The highest BCUT2D eigenvalue weighted by molar-refractivity contribution is 7.92. The topological polar surface area (TPSA) is 117 Å². The molecule has 0 aliphatic carbocycles. The SMILES string of the molecule is COc1ccc(N(CC(=O)N/N=C(/C)c2cccc(NC(C)=O)c2)S(=O)(=O)c2ccc(C)cc2)cc1. The largest absolute Gasteiger partial charge is 0.497 e. The fraction of sp³-hybridized carbons (Fsp3) is 0.192. The van der Waals surface area contributed by atoms with Crippen molar-refractivity contribution in [1.82, 2.24) is 5.43 Å². The fourth-order valence-electron chi connectivity index (χ4n) is 3.30. The monoisotopic (exact) mass is 508 g/mol. The van der Waals surface area contributed by atoms with Gasteiger partial charge in [-0.3, -0.25) is 13.9 Å². The van der Waals surface area contributed by atoms with Crippen LogP contribution < -0.4 is 19.8 Å². The van der Waals surface area contributed by atoms with E-state index in [1.54, 1.807) is 67.6 Å². The van der Waals surface area contributed by atoms with E-state index in [1.807, 2.05) is 6.92 Å². The van der Waals surface area contributed by atoms with Crippen LogP contribution in [0.15, 0.2) is 82.8 Å². The Kier molecular flexibility index (Phi) is 8.44. The van der Waals surface area contributed by atoms with Crippen molar-refractivity contribution in [2.75, 3.05) is 23.3 Å². The Morgan fingerprint density at radius 2 is 1.64 bits per heavy atom. The van der Waals surface area contributed by atoms with E-state index in [2.05, 4.69) is 15.8 Å². The minimum Gasteiger partial charge on any atom is -0.497 e. The molecule has 0 atom stereocenters. The second kappa shape index (κ2) is 11.5. The summed E-state index contributed by atoms with van der Waals surface area (Å²) in [6.07, 6.45) is 0. The summed E-state index contributed by atoms with van der Waals surface area (Å²) in [7, 11) is -2.54. The van der Waals surface area contributed by atoms with Gasteiger partial charge in [0.05, 0.1) is 23.4 Å². The molecule has 0 aliphatic heterocycles. The predicted molar refractivity (Wildman–Crippen MR) is 140 cm³/mol. The van der Waals surface area contributed by atoms with Gasteiger partial charge in [-0.2, -0.15) is 5.10 Å². The van der Waals surface area contributed by atoms with Crippen LogP contribution in [-0.4, -0.2) is 39.6 Å². The molecular weight excluding hydrogens is 480 g/mol. The van der Waals surface area contributed by atoms with Crippen LogP contribution in [0.25, 0.3) is 0 Å². The average Bonchev–Trinajstić information content (AvgIpc) is 2.86. The van der Waals surface area contributed by atoms with Crippen LogP contribution in [0.1, 0.15) is 25.0 Å². The van der Waals surface area contributed by atoms with Crippen LogP contribution in [0.4, 0.5) is 11.4 Å². The molecule has 0 spiro atoms. The van der Waals surface area contributed by atoms with E-state index in [0.717, 1.165) is 9.87 Å². The number of nitrogens with zero attached hydrogens (tertiary/aromatic N) is 2. The van der Waals surface area contributed by atoms with Gasteiger partial charge in [-0.1, -0.05) is 29.8 Å². The second-order valence-corrected chi connectivity index (χ2v) is 9.88. The summed E-state index contributed by atoms with van der Waals surface area (Å²) in [5.41, 5.74) is 5.39. The number of hydrogen-bond donors (Lipinski definition) is 2. The van der Waals surface area contributed by atoms with Gasteiger partial charge >= 0.3 is 0 Å². The van der Waals surface area contributed by atoms with Crippen molar-refractivity contribution < 1.29 is 22.7 Å². The summed E-state index contributed by atoms with van der Waals surface area (Å²) in [6.45, 7) is 4.47. The maximum atomic E-state index is 13.5. The number of aryl methyl sites for hydroxylation is 1. The van der Waals surface area contributed by atoms with Crippen molar-refractivity contribution >= 4 is 38.9 Å². The lowest BCUT2D eigenvalue weighted by Crippen LogP contribution is -2.39. The lowest BCUT2D eigenvalue weighted by atomic mass is 10.1. The van der Waals surface area contributed by atoms with Crippen molar-refractivity contribution in [2.24, 2.45) is 5.10 Å². The Labute approximate surface area is 210 Å². The van der Waals surface area contributed by atoms with Gasteiger partial charge < -0.3 is 10.1 Å². The van der Waals surface area contributed by atoms with Gasteiger partial charge in [0.2, 0.25) is 5.91 Å². The number of nitrogens with one attached hydrogen (secondary N) is 2. The summed E-state index contributed by atoms with van der Waals surface area (Å²) >= 11 is 0. The first-order chi connectivity index (χ1) is 17.1. The molecule has 3 aromatic carbocycles. The number of carbonyl (C=O) groups is 2. The van der Waals surface area contributed by atoms with Gasteiger partial charge in [0.1, 0.15) is 12.3 Å². The molecule has 188 valence electrons. The summed E-state index contributed by atoms with van der Waals surface area (Å²) in [5, 5.41) is 6.81. The van der Waals surface area contributed by atoms with Crippen molar-refractivity contribution in [3.05, 3.63) is 83.9 Å². The second-order valence-electron chi connectivity index (χ2n) is 8.02. The summed E-state index contributed by atoms with van der Waals surface area (Å²) < 4.78 is 33.1. The number of anilines is 2. The van der Waals surface area contributed by atoms with Gasteiger partial charge in [0.25, 0.3) is 15.9 Å². The van der Waals surface area contributed by atoms with Gasteiger partial charge in [-0.15, -0.1) is 0 Å². The predicted octanol–water partition coefficient (Wildman–Crippen LogP) is 3.70.